The largest absolute Gasteiger partial charge is 0.495 e. The van der Waals surface area contributed by atoms with Crippen LogP contribution in [0.25, 0.3) is 0 Å². The van der Waals surface area contributed by atoms with Gasteiger partial charge in [0.25, 0.3) is 0 Å². The minimum atomic E-state index is -4.31. The fraction of sp³-hybridized carbons (Fsp3) is 0.208. The molecule has 3 aromatic carbocycles. The zero-order valence-corrected chi connectivity index (χ0v) is 19.3. The number of halogens is 1. The van der Waals surface area contributed by atoms with Gasteiger partial charge in [0, 0.05) is 0 Å². The molecule has 0 spiro atoms. The summed E-state index contributed by atoms with van der Waals surface area (Å²) >= 11 is 0. The Morgan fingerprint density at radius 2 is 1.64 bits per heavy atom. The summed E-state index contributed by atoms with van der Waals surface area (Å²) in [4.78, 5) is 12.8. The number of amides is 1. The molecule has 3 aromatic rings. The lowest BCUT2D eigenvalue weighted by Gasteiger charge is -2.20. The molecular formula is C24H25FN2O5S. The molecule has 0 saturated carbocycles. The summed E-state index contributed by atoms with van der Waals surface area (Å²) in [6.45, 7) is 1.86. The van der Waals surface area contributed by atoms with E-state index in [9.17, 15) is 17.6 Å². The number of benzene rings is 3. The maximum Gasteiger partial charge on any atom is 0.245 e. The number of aryl methyl sites for hydroxylation is 1. The molecule has 0 bridgehead atoms. The molecule has 0 heterocycles. The minimum Gasteiger partial charge on any atom is -0.495 e. The number of carbonyl (C=O) groups is 1. The first kappa shape index (κ1) is 24.2. The normalized spacial score (nSPS) is 12.1. The van der Waals surface area contributed by atoms with Crippen molar-refractivity contribution < 1.29 is 27.1 Å². The number of carbonyl (C=O) groups excluding carboxylic acids is 1. The molecule has 0 aromatic heterocycles. The van der Waals surface area contributed by atoms with E-state index in [0.29, 0.717) is 11.4 Å². The number of ether oxygens (including phenoxy) is 2. The highest BCUT2D eigenvalue weighted by molar-refractivity contribution is 7.89. The van der Waals surface area contributed by atoms with Crippen molar-refractivity contribution in [1.29, 1.82) is 0 Å². The fourth-order valence-corrected chi connectivity index (χ4v) is 4.66. The first-order valence-electron chi connectivity index (χ1n) is 10.1. The van der Waals surface area contributed by atoms with E-state index in [1.807, 2.05) is 19.1 Å². The van der Waals surface area contributed by atoms with Crippen molar-refractivity contribution >= 4 is 21.6 Å². The van der Waals surface area contributed by atoms with Crippen LogP contribution >= 0.6 is 0 Å². The van der Waals surface area contributed by atoms with Gasteiger partial charge in [0.05, 0.1) is 19.9 Å². The van der Waals surface area contributed by atoms with Gasteiger partial charge < -0.3 is 14.8 Å². The molecule has 0 aliphatic heterocycles. The van der Waals surface area contributed by atoms with Crippen molar-refractivity contribution in [2.75, 3.05) is 19.5 Å². The molecule has 0 fully saturated rings. The maximum atomic E-state index is 13.8. The molecule has 0 saturated heterocycles. The highest BCUT2D eigenvalue weighted by atomic mass is 32.2. The molecule has 1 amide bonds. The van der Waals surface area contributed by atoms with Crippen LogP contribution in [0.3, 0.4) is 0 Å². The zero-order chi connectivity index (χ0) is 24.0. The zero-order valence-electron chi connectivity index (χ0n) is 18.5. The second-order valence-corrected chi connectivity index (χ2v) is 9.03. The van der Waals surface area contributed by atoms with E-state index in [4.69, 9.17) is 9.47 Å². The van der Waals surface area contributed by atoms with Crippen molar-refractivity contribution in [3.8, 4) is 11.5 Å². The smallest absolute Gasteiger partial charge is 0.245 e. The highest BCUT2D eigenvalue weighted by Crippen LogP contribution is 2.27. The SMILES string of the molecule is COc1ccc(C)cc1NC(=O)C(Cc1ccccc1)NS(=O)(=O)c1cc(F)ccc1OC. The first-order chi connectivity index (χ1) is 15.7. The average Bonchev–Trinajstić information content (AvgIpc) is 2.79. The molecule has 3 rings (SSSR count). The van der Waals surface area contributed by atoms with Gasteiger partial charge in [-0.15, -0.1) is 0 Å². The first-order valence-corrected chi connectivity index (χ1v) is 11.6. The quantitative estimate of drug-likeness (QED) is 0.496. The number of nitrogens with one attached hydrogen (secondary N) is 2. The highest BCUT2D eigenvalue weighted by Gasteiger charge is 2.29. The molecule has 2 N–H and O–H groups in total. The van der Waals surface area contributed by atoms with Crippen LogP contribution in [0.2, 0.25) is 0 Å². The van der Waals surface area contributed by atoms with Gasteiger partial charge in [0.2, 0.25) is 15.9 Å². The third kappa shape index (κ3) is 6.09. The molecular weight excluding hydrogens is 447 g/mol. The third-order valence-corrected chi connectivity index (χ3v) is 6.42. The number of sulfonamides is 1. The van der Waals surface area contributed by atoms with Crippen LogP contribution in [0.5, 0.6) is 11.5 Å². The number of rotatable bonds is 9. The summed E-state index contributed by atoms with van der Waals surface area (Å²) < 4.78 is 52.9. The van der Waals surface area contributed by atoms with Crippen molar-refractivity contribution in [1.82, 2.24) is 4.72 Å². The third-order valence-electron chi connectivity index (χ3n) is 4.92. The Kier molecular flexibility index (Phi) is 7.67. The lowest BCUT2D eigenvalue weighted by atomic mass is 10.1. The number of hydrogen-bond donors (Lipinski definition) is 2. The molecule has 174 valence electrons. The van der Waals surface area contributed by atoms with E-state index in [-0.39, 0.29) is 12.2 Å². The van der Waals surface area contributed by atoms with E-state index in [1.54, 1.807) is 36.4 Å². The summed E-state index contributed by atoms with van der Waals surface area (Å²) in [5, 5.41) is 2.74. The van der Waals surface area contributed by atoms with E-state index in [0.717, 1.165) is 23.3 Å². The lowest BCUT2D eigenvalue weighted by molar-refractivity contribution is -0.117. The van der Waals surface area contributed by atoms with Crippen LogP contribution in [-0.2, 0) is 21.2 Å². The number of methoxy groups -OCH3 is 2. The molecule has 0 aliphatic carbocycles. The molecule has 1 unspecified atom stereocenters. The predicted molar refractivity (Wildman–Crippen MR) is 124 cm³/mol. The van der Waals surface area contributed by atoms with E-state index in [1.165, 1.54) is 20.3 Å². The maximum absolute atomic E-state index is 13.8. The minimum absolute atomic E-state index is 0.0388. The lowest BCUT2D eigenvalue weighted by Crippen LogP contribution is -2.45. The predicted octanol–water partition coefficient (Wildman–Crippen LogP) is 3.68. The second-order valence-electron chi connectivity index (χ2n) is 7.35. The topological polar surface area (TPSA) is 93.7 Å². The Morgan fingerprint density at radius 1 is 0.970 bits per heavy atom. The van der Waals surface area contributed by atoms with Crippen molar-refractivity contribution in [3.05, 3.63) is 83.7 Å². The Morgan fingerprint density at radius 3 is 2.30 bits per heavy atom. The van der Waals surface area contributed by atoms with Crippen LogP contribution < -0.4 is 19.5 Å². The van der Waals surface area contributed by atoms with Gasteiger partial charge in [-0.1, -0.05) is 36.4 Å². The number of hydrogen-bond acceptors (Lipinski definition) is 5. The van der Waals surface area contributed by atoms with Gasteiger partial charge >= 0.3 is 0 Å². The summed E-state index contributed by atoms with van der Waals surface area (Å²) in [5.74, 6) is -0.948. The Hall–Kier alpha value is -3.43. The fourth-order valence-electron chi connectivity index (χ4n) is 3.29. The van der Waals surface area contributed by atoms with Crippen LogP contribution in [0.1, 0.15) is 11.1 Å². The van der Waals surface area contributed by atoms with E-state index >= 15 is 0 Å². The van der Waals surface area contributed by atoms with Crippen LogP contribution in [0.15, 0.2) is 71.6 Å². The Labute approximate surface area is 192 Å². The van der Waals surface area contributed by atoms with E-state index < -0.39 is 32.7 Å². The van der Waals surface area contributed by atoms with Crippen molar-refractivity contribution in [2.24, 2.45) is 0 Å². The van der Waals surface area contributed by atoms with Crippen LogP contribution in [-0.4, -0.2) is 34.6 Å². The van der Waals surface area contributed by atoms with Crippen molar-refractivity contribution in [2.45, 2.75) is 24.3 Å². The standard InChI is InChI=1S/C24H25FN2O5S/c1-16-9-11-21(31-2)19(13-16)26-24(28)20(14-17-7-5-4-6-8-17)27-33(29,30)23-15-18(25)10-12-22(23)32-3/h4-13,15,20,27H,14H2,1-3H3,(H,26,28). The summed E-state index contributed by atoms with van der Waals surface area (Å²) in [6, 6.07) is 16.2. The van der Waals surface area contributed by atoms with Gasteiger partial charge in [-0.2, -0.15) is 4.72 Å². The van der Waals surface area contributed by atoms with E-state index in [2.05, 4.69) is 10.0 Å². The second kappa shape index (κ2) is 10.5. The van der Waals surface area contributed by atoms with Gasteiger partial charge in [0.1, 0.15) is 28.3 Å². The molecule has 1 atom stereocenters. The molecule has 0 aliphatic rings. The Bertz CT molecular complexity index is 1230. The monoisotopic (exact) mass is 472 g/mol. The van der Waals surface area contributed by atoms with Gasteiger partial charge in [-0.25, -0.2) is 12.8 Å². The van der Waals surface area contributed by atoms with Gasteiger partial charge in [0.15, 0.2) is 0 Å². The van der Waals surface area contributed by atoms with Gasteiger partial charge in [-0.05, 0) is 54.8 Å². The molecule has 0 radical (unpaired) electrons. The molecule has 7 nitrogen and oxygen atoms in total. The number of anilines is 1. The van der Waals surface area contributed by atoms with Crippen LogP contribution in [0, 0.1) is 12.7 Å². The molecule has 33 heavy (non-hydrogen) atoms. The van der Waals surface area contributed by atoms with Gasteiger partial charge in [-0.3, -0.25) is 4.79 Å². The molecule has 9 heteroatoms. The Balaban J connectivity index is 1.96. The average molecular weight is 473 g/mol. The summed E-state index contributed by atoms with van der Waals surface area (Å²) in [6.07, 6.45) is 0.0671. The van der Waals surface area contributed by atoms with Crippen molar-refractivity contribution in [3.63, 3.8) is 0 Å². The summed E-state index contributed by atoms with van der Waals surface area (Å²) in [5.41, 5.74) is 2.03. The summed E-state index contributed by atoms with van der Waals surface area (Å²) in [7, 11) is -1.56. The van der Waals surface area contributed by atoms with Crippen LogP contribution in [0.4, 0.5) is 10.1 Å².